The van der Waals surface area contributed by atoms with E-state index in [1.165, 1.54) is 0 Å². The van der Waals surface area contributed by atoms with E-state index in [4.69, 9.17) is 5.11 Å². The van der Waals surface area contributed by atoms with Crippen molar-refractivity contribution in [1.82, 2.24) is 10.3 Å². The summed E-state index contributed by atoms with van der Waals surface area (Å²) < 4.78 is 0. The molecular formula is C15H16N2O2. The van der Waals surface area contributed by atoms with Crippen LogP contribution in [0.25, 0.3) is 11.3 Å². The summed E-state index contributed by atoms with van der Waals surface area (Å²) in [6, 6.07) is 11.2. The summed E-state index contributed by atoms with van der Waals surface area (Å²) in [5.41, 5.74) is 3.28. The summed E-state index contributed by atoms with van der Waals surface area (Å²) in [6.45, 7) is 2.09. The Morgan fingerprint density at radius 3 is 2.79 bits per heavy atom. The number of aromatic nitrogens is 1. The fourth-order valence-electron chi connectivity index (χ4n) is 1.95. The molecule has 0 saturated heterocycles. The quantitative estimate of drug-likeness (QED) is 0.876. The minimum Gasteiger partial charge on any atom is -0.395 e. The van der Waals surface area contributed by atoms with Crippen molar-refractivity contribution in [3.8, 4) is 11.3 Å². The fraction of sp³-hybridized carbons (Fsp3) is 0.200. The van der Waals surface area contributed by atoms with Crippen LogP contribution in [-0.2, 0) is 0 Å². The lowest BCUT2D eigenvalue weighted by atomic mass is 9.99. The Morgan fingerprint density at radius 2 is 2.11 bits per heavy atom. The standard InChI is InChI=1S/C15H16N2O2/c1-11-12(14-7-2-3-8-16-14)5-4-6-13(11)15(19)17-9-10-18/h2-8,18H,9-10H2,1H3,(H,17,19). The lowest BCUT2D eigenvalue weighted by Gasteiger charge is -2.10. The highest BCUT2D eigenvalue weighted by Crippen LogP contribution is 2.23. The average Bonchev–Trinajstić information content (AvgIpc) is 2.46. The van der Waals surface area contributed by atoms with E-state index in [1.807, 2.05) is 37.3 Å². The van der Waals surface area contributed by atoms with Crippen molar-refractivity contribution in [3.63, 3.8) is 0 Å². The summed E-state index contributed by atoms with van der Waals surface area (Å²) in [4.78, 5) is 16.3. The molecule has 0 spiro atoms. The van der Waals surface area contributed by atoms with E-state index in [-0.39, 0.29) is 19.1 Å². The van der Waals surface area contributed by atoms with Gasteiger partial charge in [0.05, 0.1) is 12.3 Å². The Morgan fingerprint density at radius 1 is 1.26 bits per heavy atom. The van der Waals surface area contributed by atoms with Crippen molar-refractivity contribution < 1.29 is 9.90 Å². The zero-order chi connectivity index (χ0) is 13.7. The van der Waals surface area contributed by atoms with E-state index in [9.17, 15) is 4.79 Å². The maximum Gasteiger partial charge on any atom is 0.251 e. The number of carbonyl (C=O) groups excluding carboxylic acids is 1. The van der Waals surface area contributed by atoms with Crippen LogP contribution in [-0.4, -0.2) is 29.1 Å². The van der Waals surface area contributed by atoms with Crippen LogP contribution in [0.15, 0.2) is 42.6 Å². The number of nitrogens with one attached hydrogen (secondary N) is 1. The number of rotatable bonds is 4. The van der Waals surface area contributed by atoms with E-state index in [0.29, 0.717) is 5.56 Å². The van der Waals surface area contributed by atoms with Gasteiger partial charge in [0.1, 0.15) is 0 Å². The summed E-state index contributed by atoms with van der Waals surface area (Å²) in [5, 5.41) is 11.4. The molecule has 0 aliphatic carbocycles. The van der Waals surface area contributed by atoms with Gasteiger partial charge in [0.15, 0.2) is 0 Å². The normalized spacial score (nSPS) is 10.2. The molecule has 4 heteroatoms. The molecule has 2 rings (SSSR count). The van der Waals surface area contributed by atoms with E-state index < -0.39 is 0 Å². The Bertz CT molecular complexity index is 568. The Kier molecular flexibility index (Phi) is 4.26. The molecule has 1 aromatic heterocycles. The van der Waals surface area contributed by atoms with Crippen LogP contribution >= 0.6 is 0 Å². The summed E-state index contributed by atoms with van der Waals surface area (Å²) in [7, 11) is 0. The number of aliphatic hydroxyl groups excluding tert-OH is 1. The molecule has 2 N–H and O–H groups in total. The average molecular weight is 256 g/mol. The Labute approximate surface area is 112 Å². The number of hydrogen-bond acceptors (Lipinski definition) is 3. The van der Waals surface area contributed by atoms with Crippen LogP contribution in [0.1, 0.15) is 15.9 Å². The van der Waals surface area contributed by atoms with E-state index in [1.54, 1.807) is 12.3 Å². The first kappa shape index (κ1) is 13.2. The molecule has 0 radical (unpaired) electrons. The highest BCUT2D eigenvalue weighted by Gasteiger charge is 2.12. The Balaban J connectivity index is 2.36. The van der Waals surface area contributed by atoms with E-state index in [0.717, 1.165) is 16.8 Å². The molecule has 2 aromatic rings. The number of amides is 1. The zero-order valence-corrected chi connectivity index (χ0v) is 10.8. The van der Waals surface area contributed by atoms with Crippen LogP contribution < -0.4 is 5.32 Å². The van der Waals surface area contributed by atoms with Crippen LogP contribution in [0.5, 0.6) is 0 Å². The van der Waals surface area contributed by atoms with Gasteiger partial charge in [-0.25, -0.2) is 0 Å². The minimum absolute atomic E-state index is 0.0648. The third kappa shape index (κ3) is 2.98. The molecule has 1 aromatic carbocycles. The Hall–Kier alpha value is -2.20. The molecule has 0 fully saturated rings. The lowest BCUT2D eigenvalue weighted by molar-refractivity contribution is 0.0944. The fourth-order valence-corrected chi connectivity index (χ4v) is 1.95. The van der Waals surface area contributed by atoms with E-state index >= 15 is 0 Å². The molecular weight excluding hydrogens is 240 g/mol. The van der Waals surface area contributed by atoms with Gasteiger partial charge >= 0.3 is 0 Å². The first-order valence-corrected chi connectivity index (χ1v) is 6.14. The molecule has 4 nitrogen and oxygen atoms in total. The topological polar surface area (TPSA) is 62.2 Å². The smallest absolute Gasteiger partial charge is 0.251 e. The molecule has 0 atom stereocenters. The SMILES string of the molecule is Cc1c(C(=O)NCCO)cccc1-c1ccccn1. The molecule has 0 aliphatic rings. The van der Waals surface area contributed by atoms with E-state index in [2.05, 4.69) is 10.3 Å². The number of carbonyl (C=O) groups is 1. The maximum atomic E-state index is 12.0. The van der Waals surface area contributed by atoms with Gasteiger partial charge in [0.2, 0.25) is 0 Å². The summed E-state index contributed by atoms with van der Waals surface area (Å²) in [5.74, 6) is -0.177. The van der Waals surface area contributed by atoms with Gasteiger partial charge in [-0.05, 0) is 30.7 Å². The summed E-state index contributed by atoms with van der Waals surface area (Å²) >= 11 is 0. The predicted molar refractivity (Wildman–Crippen MR) is 73.8 cm³/mol. The highest BCUT2D eigenvalue weighted by molar-refractivity contribution is 5.97. The van der Waals surface area contributed by atoms with Crippen molar-refractivity contribution in [2.75, 3.05) is 13.2 Å². The van der Waals surface area contributed by atoms with Crippen molar-refractivity contribution in [3.05, 3.63) is 53.7 Å². The van der Waals surface area contributed by atoms with Crippen molar-refractivity contribution in [1.29, 1.82) is 0 Å². The van der Waals surface area contributed by atoms with Crippen LogP contribution in [0.4, 0.5) is 0 Å². The molecule has 98 valence electrons. The molecule has 0 aliphatic heterocycles. The number of benzene rings is 1. The molecule has 0 unspecified atom stereocenters. The van der Waals surface area contributed by atoms with Gasteiger partial charge in [-0.3, -0.25) is 9.78 Å². The third-order valence-electron chi connectivity index (χ3n) is 2.92. The summed E-state index contributed by atoms with van der Waals surface area (Å²) in [6.07, 6.45) is 1.73. The number of pyridine rings is 1. The third-order valence-corrected chi connectivity index (χ3v) is 2.92. The molecule has 0 saturated carbocycles. The first-order chi connectivity index (χ1) is 9.24. The first-order valence-electron chi connectivity index (χ1n) is 6.14. The molecule has 1 heterocycles. The van der Waals surface area contributed by atoms with Crippen molar-refractivity contribution >= 4 is 5.91 Å². The van der Waals surface area contributed by atoms with Gasteiger partial charge in [-0.1, -0.05) is 18.2 Å². The predicted octanol–water partition coefficient (Wildman–Crippen LogP) is 1.78. The second kappa shape index (κ2) is 6.11. The van der Waals surface area contributed by atoms with Crippen LogP contribution in [0, 0.1) is 6.92 Å². The van der Waals surface area contributed by atoms with Crippen molar-refractivity contribution in [2.24, 2.45) is 0 Å². The van der Waals surface area contributed by atoms with Gasteiger partial charge in [0, 0.05) is 23.9 Å². The van der Waals surface area contributed by atoms with Gasteiger partial charge in [0.25, 0.3) is 5.91 Å². The van der Waals surface area contributed by atoms with Crippen LogP contribution in [0.3, 0.4) is 0 Å². The van der Waals surface area contributed by atoms with Crippen LogP contribution in [0.2, 0.25) is 0 Å². The van der Waals surface area contributed by atoms with Gasteiger partial charge < -0.3 is 10.4 Å². The number of nitrogens with zero attached hydrogens (tertiary/aromatic N) is 1. The van der Waals surface area contributed by atoms with Gasteiger partial charge in [-0.15, -0.1) is 0 Å². The monoisotopic (exact) mass is 256 g/mol. The second-order valence-corrected chi connectivity index (χ2v) is 4.17. The number of hydrogen-bond donors (Lipinski definition) is 2. The highest BCUT2D eigenvalue weighted by atomic mass is 16.3. The maximum absolute atomic E-state index is 12.0. The lowest BCUT2D eigenvalue weighted by Crippen LogP contribution is -2.27. The largest absolute Gasteiger partial charge is 0.395 e. The van der Waals surface area contributed by atoms with Crippen molar-refractivity contribution in [2.45, 2.75) is 6.92 Å². The minimum atomic E-state index is -0.177. The molecule has 1 amide bonds. The van der Waals surface area contributed by atoms with Gasteiger partial charge in [-0.2, -0.15) is 0 Å². The second-order valence-electron chi connectivity index (χ2n) is 4.17. The number of aliphatic hydroxyl groups is 1. The zero-order valence-electron chi connectivity index (χ0n) is 10.8. The molecule has 0 bridgehead atoms. The molecule has 19 heavy (non-hydrogen) atoms.